The zero-order valence-electron chi connectivity index (χ0n) is 20.5. The number of hydrazine groups is 1. The summed E-state index contributed by atoms with van der Waals surface area (Å²) in [7, 11) is 0.313. The molecule has 0 saturated carbocycles. The van der Waals surface area contributed by atoms with Crippen LogP contribution < -0.4 is 16.2 Å². The summed E-state index contributed by atoms with van der Waals surface area (Å²) in [5.41, 5.74) is 8.71. The third kappa shape index (κ3) is 5.79. The monoisotopic (exact) mass is 505 g/mol. The quantitative estimate of drug-likeness (QED) is 0.174. The summed E-state index contributed by atoms with van der Waals surface area (Å²) >= 11 is 5.19. The van der Waals surface area contributed by atoms with E-state index in [2.05, 4.69) is 35.8 Å². The lowest BCUT2D eigenvalue weighted by molar-refractivity contribution is -0.151. The minimum Gasteiger partial charge on any atom is -0.508 e. The highest BCUT2D eigenvalue weighted by atomic mass is 32.1. The molecule has 1 aromatic carbocycles. The third-order valence-corrected chi connectivity index (χ3v) is 8.17. The Balaban J connectivity index is 2.05. The number of benzene rings is 1. The van der Waals surface area contributed by atoms with E-state index in [1.807, 2.05) is 13.0 Å². The van der Waals surface area contributed by atoms with E-state index in [-0.39, 0.29) is 24.3 Å². The average molecular weight is 506 g/mol. The number of ether oxygens (including phenoxy) is 2. The zero-order chi connectivity index (χ0) is 25.0. The van der Waals surface area contributed by atoms with Crippen molar-refractivity contribution in [3.63, 3.8) is 0 Å². The fraction of sp³-hybridized carbons (Fsp3) is 0.542. The second-order valence-electron chi connectivity index (χ2n) is 9.93. The highest BCUT2D eigenvalue weighted by molar-refractivity contribution is 7.80. The maximum atomic E-state index is 13.4. The van der Waals surface area contributed by atoms with Gasteiger partial charge in [0, 0.05) is 21.0 Å². The van der Waals surface area contributed by atoms with Gasteiger partial charge < -0.3 is 19.9 Å². The summed E-state index contributed by atoms with van der Waals surface area (Å²) < 4.78 is 11.2. The van der Waals surface area contributed by atoms with Crippen LogP contribution in [0.1, 0.15) is 36.8 Å². The van der Waals surface area contributed by atoms with Crippen molar-refractivity contribution in [3.8, 4) is 5.75 Å². The number of phenols is 1. The van der Waals surface area contributed by atoms with Crippen LogP contribution in [0.4, 0.5) is 0 Å². The van der Waals surface area contributed by atoms with Crippen LogP contribution in [0, 0.1) is 5.92 Å². The van der Waals surface area contributed by atoms with E-state index in [0.29, 0.717) is 35.7 Å². The molecule has 34 heavy (non-hydrogen) atoms. The Kier molecular flexibility index (Phi) is 8.37. The molecule has 3 atom stereocenters. The van der Waals surface area contributed by atoms with Gasteiger partial charge in [-0.05, 0) is 59.9 Å². The van der Waals surface area contributed by atoms with Crippen molar-refractivity contribution in [2.24, 2.45) is 5.92 Å². The number of phenolic OH excluding ortho intramolecular Hbond substituents is 1. The Hall–Kier alpha value is -2.43. The first kappa shape index (κ1) is 26.2. The second-order valence-corrected chi connectivity index (χ2v) is 16.0. The average Bonchev–Trinajstić information content (AvgIpc) is 2.79. The SMILES string of the molecule is CCCOC(=O)C1=C2c3cc(O)ccc3C(CC2NNC(=S)NC)[C@H]1C(=O)OCC[Si](C)(C)C. The molecule has 0 saturated heterocycles. The second kappa shape index (κ2) is 10.9. The Bertz CT molecular complexity index is 991. The lowest BCUT2D eigenvalue weighted by atomic mass is 9.62. The fourth-order valence-electron chi connectivity index (χ4n) is 4.49. The van der Waals surface area contributed by atoms with E-state index in [1.54, 1.807) is 19.2 Å². The van der Waals surface area contributed by atoms with Gasteiger partial charge in [-0.3, -0.25) is 10.2 Å². The number of thiocarbonyl (C=S) groups is 1. The molecular formula is C24H35N3O5SSi. The highest BCUT2D eigenvalue weighted by Crippen LogP contribution is 2.53. The van der Waals surface area contributed by atoms with Crippen molar-refractivity contribution in [1.82, 2.24) is 16.2 Å². The first-order valence-electron chi connectivity index (χ1n) is 11.7. The summed E-state index contributed by atoms with van der Waals surface area (Å²) in [6.45, 7) is 9.18. The van der Waals surface area contributed by atoms with E-state index in [4.69, 9.17) is 21.7 Å². The summed E-state index contributed by atoms with van der Waals surface area (Å²) in [5, 5.41) is 13.4. The molecule has 186 valence electrons. The van der Waals surface area contributed by atoms with Crippen molar-refractivity contribution in [2.75, 3.05) is 20.3 Å². The maximum Gasteiger partial charge on any atom is 0.335 e. The molecule has 0 heterocycles. The number of nitrogens with one attached hydrogen (secondary N) is 3. The van der Waals surface area contributed by atoms with E-state index in [1.165, 1.54) is 0 Å². The van der Waals surface area contributed by atoms with E-state index >= 15 is 0 Å². The Morgan fingerprint density at radius 3 is 2.59 bits per heavy atom. The topological polar surface area (TPSA) is 109 Å². The van der Waals surface area contributed by atoms with Gasteiger partial charge in [0.1, 0.15) is 5.75 Å². The number of fused-ring (bicyclic) bond motifs is 2. The molecule has 0 amide bonds. The van der Waals surface area contributed by atoms with Crippen molar-refractivity contribution in [2.45, 2.75) is 57.4 Å². The standard InChI is InChI=1S/C24H35N3O5SSi/c1-6-9-31-23(30)21-19-16-12-14(28)7-8-15(16)17(13-18(19)26-27-24(33)25-2)20(21)22(29)32-10-11-34(3,4)5/h7-8,12,17-18,20,26,28H,6,9-11,13H2,1-5H3,(H2,25,27,33)/t17?,18?,20-/m1/s1. The summed E-state index contributed by atoms with van der Waals surface area (Å²) in [6.07, 6.45) is 1.23. The predicted molar refractivity (Wildman–Crippen MR) is 138 cm³/mol. The van der Waals surface area contributed by atoms with Crippen LogP contribution in [0.3, 0.4) is 0 Å². The number of hydrogen-bond donors (Lipinski definition) is 4. The molecule has 3 aliphatic rings. The lowest BCUT2D eigenvalue weighted by Crippen LogP contribution is -2.53. The van der Waals surface area contributed by atoms with Crippen molar-refractivity contribution >= 4 is 42.9 Å². The number of hydrogen-bond acceptors (Lipinski definition) is 7. The fourth-order valence-corrected chi connectivity index (χ4v) is 5.26. The van der Waals surface area contributed by atoms with Crippen LogP contribution in [-0.4, -0.2) is 56.5 Å². The normalized spacial score (nSPS) is 21.0. The molecule has 0 fully saturated rings. The highest BCUT2D eigenvalue weighted by Gasteiger charge is 2.51. The van der Waals surface area contributed by atoms with Crippen molar-refractivity contribution < 1.29 is 24.2 Å². The van der Waals surface area contributed by atoms with Crippen molar-refractivity contribution in [1.29, 1.82) is 0 Å². The molecular weight excluding hydrogens is 470 g/mol. The Morgan fingerprint density at radius 1 is 1.21 bits per heavy atom. The van der Waals surface area contributed by atoms with Gasteiger partial charge in [0.2, 0.25) is 0 Å². The molecule has 0 radical (unpaired) electrons. The van der Waals surface area contributed by atoms with Crippen LogP contribution in [0.25, 0.3) is 5.57 Å². The molecule has 8 nitrogen and oxygen atoms in total. The van der Waals surface area contributed by atoms with Gasteiger partial charge in [-0.25, -0.2) is 10.2 Å². The summed E-state index contributed by atoms with van der Waals surface area (Å²) in [5.74, 6) is -1.90. The minimum atomic E-state index is -1.39. The van der Waals surface area contributed by atoms with Crippen LogP contribution in [0.15, 0.2) is 23.8 Å². The molecule has 0 spiro atoms. The maximum absolute atomic E-state index is 13.4. The molecule has 1 aromatic rings. The molecule has 10 heteroatoms. The van der Waals surface area contributed by atoms with Crippen molar-refractivity contribution in [3.05, 3.63) is 34.9 Å². The van der Waals surface area contributed by atoms with Gasteiger partial charge >= 0.3 is 11.9 Å². The number of carbonyl (C=O) groups excluding carboxylic acids is 2. The predicted octanol–water partition coefficient (Wildman–Crippen LogP) is 3.06. The van der Waals surface area contributed by atoms with E-state index < -0.39 is 25.9 Å². The lowest BCUT2D eigenvalue weighted by Gasteiger charge is -2.44. The van der Waals surface area contributed by atoms with Gasteiger partial charge in [-0.15, -0.1) is 0 Å². The summed E-state index contributed by atoms with van der Waals surface area (Å²) in [4.78, 5) is 26.7. The van der Waals surface area contributed by atoms with Gasteiger partial charge in [0.05, 0.1) is 30.7 Å². The Morgan fingerprint density at radius 2 is 1.94 bits per heavy atom. The van der Waals surface area contributed by atoms with Crippen LogP contribution in [-0.2, 0) is 19.1 Å². The Labute approximate surface area is 207 Å². The van der Waals surface area contributed by atoms with Crippen LogP contribution in [0.2, 0.25) is 25.7 Å². The molecule has 2 unspecified atom stereocenters. The number of esters is 2. The van der Waals surface area contributed by atoms with E-state index in [0.717, 1.165) is 17.2 Å². The number of aromatic hydroxyl groups is 1. The first-order chi connectivity index (χ1) is 16.1. The smallest absolute Gasteiger partial charge is 0.335 e. The molecule has 3 aliphatic carbocycles. The number of carbonyl (C=O) groups is 2. The molecule has 0 aliphatic heterocycles. The van der Waals surface area contributed by atoms with E-state index in [9.17, 15) is 14.7 Å². The van der Waals surface area contributed by atoms with Crippen LogP contribution >= 0.6 is 12.2 Å². The molecule has 2 bridgehead atoms. The van der Waals surface area contributed by atoms with Gasteiger partial charge in [-0.2, -0.15) is 0 Å². The number of rotatable bonds is 9. The summed E-state index contributed by atoms with van der Waals surface area (Å²) in [6, 6.07) is 5.61. The van der Waals surface area contributed by atoms with Gasteiger partial charge in [0.15, 0.2) is 5.11 Å². The molecule has 0 aromatic heterocycles. The van der Waals surface area contributed by atoms with Gasteiger partial charge in [-0.1, -0.05) is 32.6 Å². The first-order valence-corrected chi connectivity index (χ1v) is 15.8. The largest absolute Gasteiger partial charge is 0.508 e. The minimum absolute atomic E-state index is 0.0896. The zero-order valence-corrected chi connectivity index (χ0v) is 22.3. The van der Waals surface area contributed by atoms with Gasteiger partial charge in [0.25, 0.3) is 0 Å². The molecule has 4 N–H and O–H groups in total. The third-order valence-electron chi connectivity index (χ3n) is 6.16. The van der Waals surface area contributed by atoms with Crippen LogP contribution in [0.5, 0.6) is 5.75 Å². The molecule has 4 rings (SSSR count).